The number of ether oxygens (including phenoxy) is 1. The maximum Gasteiger partial charge on any atom is 0.325 e. The van der Waals surface area contributed by atoms with Crippen LogP contribution < -0.4 is 5.32 Å². The molecule has 0 radical (unpaired) electrons. The highest BCUT2D eigenvalue weighted by atomic mass is 16.5. The number of carbonyl (C=O) groups is 2. The molecule has 0 saturated carbocycles. The molecular formula is C12H21NO3. The average molecular weight is 227 g/mol. The lowest BCUT2D eigenvalue weighted by Crippen LogP contribution is -2.35. The van der Waals surface area contributed by atoms with Crippen LogP contribution in [0.5, 0.6) is 0 Å². The van der Waals surface area contributed by atoms with E-state index in [-0.39, 0.29) is 18.4 Å². The second-order valence-corrected chi connectivity index (χ2v) is 4.14. The summed E-state index contributed by atoms with van der Waals surface area (Å²) in [5.41, 5.74) is 0. The smallest absolute Gasteiger partial charge is 0.325 e. The lowest BCUT2D eigenvalue weighted by molar-refractivity contribution is -0.141. The van der Waals surface area contributed by atoms with Crippen molar-refractivity contribution in [2.75, 3.05) is 13.7 Å². The van der Waals surface area contributed by atoms with E-state index >= 15 is 0 Å². The van der Waals surface area contributed by atoms with Gasteiger partial charge in [0, 0.05) is 5.92 Å². The van der Waals surface area contributed by atoms with Gasteiger partial charge in [0.25, 0.3) is 0 Å². The number of carbonyl (C=O) groups excluding carboxylic acids is 2. The first-order valence-corrected chi connectivity index (χ1v) is 5.46. The standard InChI is InChI=1S/C12H21NO3/c1-5-6-10(7-9(2)3)12(15)13-8-11(14)16-4/h5,9-10H,1,6-8H2,2-4H3,(H,13,15). The molecule has 0 aromatic heterocycles. The summed E-state index contributed by atoms with van der Waals surface area (Å²) in [4.78, 5) is 22.6. The van der Waals surface area contributed by atoms with Gasteiger partial charge in [0.05, 0.1) is 7.11 Å². The molecule has 4 heteroatoms. The first-order chi connectivity index (χ1) is 7.51. The molecule has 0 rings (SSSR count). The number of amides is 1. The van der Waals surface area contributed by atoms with Crippen molar-refractivity contribution in [1.29, 1.82) is 0 Å². The van der Waals surface area contributed by atoms with E-state index in [9.17, 15) is 9.59 Å². The SMILES string of the molecule is C=CCC(CC(C)C)C(=O)NCC(=O)OC. The highest BCUT2D eigenvalue weighted by Crippen LogP contribution is 2.15. The molecule has 92 valence electrons. The van der Waals surface area contributed by atoms with Gasteiger partial charge in [-0.2, -0.15) is 0 Å². The van der Waals surface area contributed by atoms with Crippen molar-refractivity contribution in [3.63, 3.8) is 0 Å². The van der Waals surface area contributed by atoms with Gasteiger partial charge in [0.2, 0.25) is 5.91 Å². The summed E-state index contributed by atoms with van der Waals surface area (Å²) >= 11 is 0. The number of nitrogens with one attached hydrogen (secondary N) is 1. The maximum absolute atomic E-state index is 11.7. The molecule has 1 N–H and O–H groups in total. The summed E-state index contributed by atoms with van der Waals surface area (Å²) in [5, 5.41) is 2.56. The van der Waals surface area contributed by atoms with Crippen molar-refractivity contribution in [3.05, 3.63) is 12.7 Å². The first-order valence-electron chi connectivity index (χ1n) is 5.46. The second-order valence-electron chi connectivity index (χ2n) is 4.14. The van der Waals surface area contributed by atoms with E-state index in [0.29, 0.717) is 12.3 Å². The average Bonchev–Trinajstić information content (AvgIpc) is 2.24. The lowest BCUT2D eigenvalue weighted by Gasteiger charge is -2.16. The highest BCUT2D eigenvalue weighted by molar-refractivity contribution is 5.83. The summed E-state index contributed by atoms with van der Waals surface area (Å²) in [6.07, 6.45) is 3.15. The summed E-state index contributed by atoms with van der Waals surface area (Å²) in [7, 11) is 1.30. The monoisotopic (exact) mass is 227 g/mol. The molecule has 0 aromatic rings. The molecule has 0 saturated heterocycles. The van der Waals surface area contributed by atoms with Gasteiger partial charge in [-0.25, -0.2) is 0 Å². The quantitative estimate of drug-likeness (QED) is 0.530. The molecule has 0 fully saturated rings. The summed E-state index contributed by atoms with van der Waals surface area (Å²) in [6.45, 7) is 7.68. The molecule has 16 heavy (non-hydrogen) atoms. The van der Waals surface area contributed by atoms with E-state index in [2.05, 4.69) is 30.5 Å². The molecule has 0 heterocycles. The van der Waals surface area contributed by atoms with Gasteiger partial charge in [0.15, 0.2) is 0 Å². The van der Waals surface area contributed by atoms with Crippen LogP contribution in [0.1, 0.15) is 26.7 Å². The molecule has 4 nitrogen and oxygen atoms in total. The molecule has 1 amide bonds. The molecule has 1 atom stereocenters. The number of hydrogen-bond acceptors (Lipinski definition) is 3. The van der Waals surface area contributed by atoms with Gasteiger partial charge >= 0.3 is 5.97 Å². The van der Waals surface area contributed by atoms with Crippen molar-refractivity contribution in [3.8, 4) is 0 Å². The Morgan fingerprint density at radius 2 is 2.06 bits per heavy atom. The van der Waals surface area contributed by atoms with Gasteiger partial charge in [0.1, 0.15) is 6.54 Å². The Hall–Kier alpha value is -1.32. The zero-order chi connectivity index (χ0) is 12.6. The number of allylic oxidation sites excluding steroid dienone is 1. The Balaban J connectivity index is 4.15. The molecule has 0 aliphatic carbocycles. The predicted molar refractivity (Wildman–Crippen MR) is 62.8 cm³/mol. The van der Waals surface area contributed by atoms with Crippen LogP contribution in [0, 0.1) is 11.8 Å². The van der Waals surface area contributed by atoms with Crippen molar-refractivity contribution >= 4 is 11.9 Å². The fraction of sp³-hybridized carbons (Fsp3) is 0.667. The van der Waals surface area contributed by atoms with E-state index in [1.54, 1.807) is 6.08 Å². The Kier molecular flexibility index (Phi) is 7.25. The fourth-order valence-electron chi connectivity index (χ4n) is 1.46. The van der Waals surface area contributed by atoms with Crippen molar-refractivity contribution in [2.45, 2.75) is 26.7 Å². The summed E-state index contributed by atoms with van der Waals surface area (Å²) in [6, 6.07) is 0. The Morgan fingerprint density at radius 1 is 1.44 bits per heavy atom. The normalized spacial score (nSPS) is 12.0. The predicted octanol–water partition coefficient (Wildman–Crippen LogP) is 1.51. The van der Waals surface area contributed by atoms with E-state index in [0.717, 1.165) is 6.42 Å². The molecule has 0 spiro atoms. The first kappa shape index (κ1) is 14.7. The third-order valence-corrected chi connectivity index (χ3v) is 2.21. The van der Waals surface area contributed by atoms with E-state index in [4.69, 9.17) is 0 Å². The number of esters is 1. The Labute approximate surface area is 97.1 Å². The number of methoxy groups -OCH3 is 1. The molecule has 0 aromatic carbocycles. The molecule has 0 bridgehead atoms. The minimum absolute atomic E-state index is 0.0684. The molecule has 1 unspecified atom stereocenters. The van der Waals surface area contributed by atoms with Crippen LogP contribution in [0.15, 0.2) is 12.7 Å². The number of hydrogen-bond donors (Lipinski definition) is 1. The van der Waals surface area contributed by atoms with Crippen LogP contribution in [0.2, 0.25) is 0 Å². The topological polar surface area (TPSA) is 55.4 Å². The molecule has 0 aliphatic heterocycles. The van der Waals surface area contributed by atoms with Crippen LogP contribution in [0.3, 0.4) is 0 Å². The van der Waals surface area contributed by atoms with E-state index in [1.807, 2.05) is 0 Å². The van der Waals surface area contributed by atoms with Crippen molar-refractivity contribution < 1.29 is 14.3 Å². The van der Waals surface area contributed by atoms with Gasteiger partial charge in [-0.1, -0.05) is 19.9 Å². The Bertz CT molecular complexity index is 249. The second kappa shape index (κ2) is 7.91. The van der Waals surface area contributed by atoms with Gasteiger partial charge < -0.3 is 10.1 Å². The van der Waals surface area contributed by atoms with Crippen molar-refractivity contribution in [1.82, 2.24) is 5.32 Å². The summed E-state index contributed by atoms with van der Waals surface area (Å²) < 4.78 is 4.45. The van der Waals surface area contributed by atoms with E-state index < -0.39 is 5.97 Å². The largest absolute Gasteiger partial charge is 0.468 e. The zero-order valence-electron chi connectivity index (χ0n) is 10.3. The minimum Gasteiger partial charge on any atom is -0.468 e. The number of rotatable bonds is 7. The minimum atomic E-state index is -0.435. The third-order valence-electron chi connectivity index (χ3n) is 2.21. The van der Waals surface area contributed by atoms with Crippen LogP contribution in [-0.4, -0.2) is 25.5 Å². The highest BCUT2D eigenvalue weighted by Gasteiger charge is 2.18. The molecular weight excluding hydrogens is 206 g/mol. The van der Waals surface area contributed by atoms with E-state index in [1.165, 1.54) is 7.11 Å². The van der Waals surface area contributed by atoms with Crippen LogP contribution in [0.25, 0.3) is 0 Å². The third kappa shape index (κ3) is 6.22. The van der Waals surface area contributed by atoms with Crippen molar-refractivity contribution in [2.24, 2.45) is 11.8 Å². The fourth-order valence-corrected chi connectivity index (χ4v) is 1.46. The molecule has 0 aliphatic rings. The van der Waals surface area contributed by atoms with Crippen LogP contribution in [0.4, 0.5) is 0 Å². The van der Waals surface area contributed by atoms with Gasteiger partial charge in [-0.05, 0) is 18.8 Å². The summed E-state index contributed by atoms with van der Waals surface area (Å²) in [5.74, 6) is -0.217. The lowest BCUT2D eigenvalue weighted by atomic mass is 9.93. The van der Waals surface area contributed by atoms with Crippen LogP contribution >= 0.6 is 0 Å². The maximum atomic E-state index is 11.7. The van der Waals surface area contributed by atoms with Gasteiger partial charge in [-0.15, -0.1) is 6.58 Å². The van der Waals surface area contributed by atoms with Crippen LogP contribution in [-0.2, 0) is 14.3 Å². The zero-order valence-corrected chi connectivity index (χ0v) is 10.3. The Morgan fingerprint density at radius 3 is 2.50 bits per heavy atom. The van der Waals surface area contributed by atoms with Gasteiger partial charge in [-0.3, -0.25) is 9.59 Å².